The van der Waals surface area contributed by atoms with Gasteiger partial charge in [-0.15, -0.1) is 0 Å². The number of hydrogen-bond donors (Lipinski definition) is 0. The van der Waals surface area contributed by atoms with E-state index in [2.05, 4.69) is 6.07 Å². The molecule has 2 rings (SSSR count). The molecule has 0 aliphatic heterocycles. The van der Waals surface area contributed by atoms with Gasteiger partial charge in [0.25, 0.3) is 0 Å². The van der Waals surface area contributed by atoms with Crippen LogP contribution in [0.1, 0.15) is 17.9 Å². The molecule has 1 atom stereocenters. The molecule has 4 heteroatoms. The Morgan fingerprint density at radius 1 is 1.05 bits per heavy atom. The van der Waals surface area contributed by atoms with Crippen molar-refractivity contribution in [3.8, 4) is 11.8 Å². The van der Waals surface area contributed by atoms with Gasteiger partial charge in [-0.1, -0.05) is 41.4 Å². The van der Waals surface area contributed by atoms with Gasteiger partial charge in [0.05, 0.1) is 18.6 Å². The summed E-state index contributed by atoms with van der Waals surface area (Å²) in [5.41, 5.74) is 0.844. The van der Waals surface area contributed by atoms with Crippen LogP contribution in [0.3, 0.4) is 0 Å². The zero-order chi connectivity index (χ0) is 14.4. The summed E-state index contributed by atoms with van der Waals surface area (Å²) in [6, 6.07) is 16.8. The van der Waals surface area contributed by atoms with Gasteiger partial charge in [-0.25, -0.2) is 0 Å². The van der Waals surface area contributed by atoms with Crippen LogP contribution < -0.4 is 4.74 Å². The van der Waals surface area contributed by atoms with Crippen LogP contribution in [0.15, 0.2) is 48.5 Å². The third-order valence-corrected chi connectivity index (χ3v) is 3.52. The molecule has 20 heavy (non-hydrogen) atoms. The number of ether oxygens (including phenoxy) is 1. The van der Waals surface area contributed by atoms with Crippen molar-refractivity contribution in [2.24, 2.45) is 0 Å². The lowest BCUT2D eigenvalue weighted by Gasteiger charge is -2.12. The first-order valence-electron chi connectivity index (χ1n) is 6.23. The Labute approximate surface area is 128 Å². The second-order valence-electron chi connectivity index (χ2n) is 4.29. The molecule has 0 fully saturated rings. The Balaban J connectivity index is 1.94. The van der Waals surface area contributed by atoms with Gasteiger partial charge >= 0.3 is 0 Å². The van der Waals surface area contributed by atoms with Crippen LogP contribution in [0.5, 0.6) is 5.75 Å². The third-order valence-electron chi connectivity index (χ3n) is 2.93. The quantitative estimate of drug-likeness (QED) is 0.772. The van der Waals surface area contributed by atoms with Gasteiger partial charge < -0.3 is 4.74 Å². The maximum Gasteiger partial charge on any atom is 0.119 e. The van der Waals surface area contributed by atoms with Gasteiger partial charge in [-0.05, 0) is 35.9 Å². The summed E-state index contributed by atoms with van der Waals surface area (Å²) in [7, 11) is 0. The summed E-state index contributed by atoms with van der Waals surface area (Å²) in [6.45, 7) is 0.449. The minimum atomic E-state index is -0.268. The molecule has 102 valence electrons. The van der Waals surface area contributed by atoms with Gasteiger partial charge in [0.1, 0.15) is 5.75 Å². The molecule has 0 aromatic heterocycles. The van der Waals surface area contributed by atoms with Crippen LogP contribution in [-0.4, -0.2) is 6.61 Å². The zero-order valence-corrected chi connectivity index (χ0v) is 12.2. The average Bonchev–Trinajstić information content (AvgIpc) is 2.47. The van der Waals surface area contributed by atoms with Crippen molar-refractivity contribution in [2.75, 3.05) is 6.61 Å². The first-order valence-corrected chi connectivity index (χ1v) is 6.98. The van der Waals surface area contributed by atoms with E-state index in [1.54, 1.807) is 30.3 Å². The van der Waals surface area contributed by atoms with Gasteiger partial charge in [0, 0.05) is 16.5 Å². The normalized spacial score (nSPS) is 11.7. The largest absolute Gasteiger partial charge is 0.494 e. The molecule has 0 saturated heterocycles. The Bertz CT molecular complexity index is 605. The fourth-order valence-corrected chi connectivity index (χ4v) is 2.27. The summed E-state index contributed by atoms with van der Waals surface area (Å²) < 4.78 is 5.60. The monoisotopic (exact) mass is 305 g/mol. The molecule has 1 unspecified atom stereocenters. The van der Waals surface area contributed by atoms with E-state index in [4.69, 9.17) is 27.9 Å². The molecule has 0 amide bonds. The van der Waals surface area contributed by atoms with Crippen LogP contribution in [-0.2, 0) is 0 Å². The number of nitrogens with zero attached hydrogens (tertiary/aromatic N) is 1. The van der Waals surface area contributed by atoms with Crippen molar-refractivity contribution < 1.29 is 4.74 Å². The lowest BCUT2D eigenvalue weighted by Crippen LogP contribution is -2.05. The summed E-state index contributed by atoms with van der Waals surface area (Å²) in [4.78, 5) is 0. The first kappa shape index (κ1) is 14.7. The van der Waals surface area contributed by atoms with E-state index in [9.17, 15) is 5.26 Å². The lowest BCUT2D eigenvalue weighted by molar-refractivity contribution is 0.306. The molecule has 2 aromatic carbocycles. The molecule has 0 N–H and O–H groups in total. The first-order chi connectivity index (χ1) is 9.70. The Hall–Kier alpha value is -1.69. The van der Waals surface area contributed by atoms with E-state index in [0.29, 0.717) is 23.1 Å². The van der Waals surface area contributed by atoms with Gasteiger partial charge in [-0.3, -0.25) is 0 Å². The van der Waals surface area contributed by atoms with E-state index in [1.807, 2.05) is 18.2 Å². The number of nitriles is 1. The SMILES string of the molecule is N#CC(CCOc1ccc(Cl)cc1)c1ccccc1Cl. The molecule has 2 aromatic rings. The van der Waals surface area contributed by atoms with Gasteiger partial charge in [-0.2, -0.15) is 5.26 Å². The molecular weight excluding hydrogens is 293 g/mol. The molecule has 2 nitrogen and oxygen atoms in total. The van der Waals surface area contributed by atoms with Crippen molar-refractivity contribution in [1.82, 2.24) is 0 Å². The van der Waals surface area contributed by atoms with E-state index >= 15 is 0 Å². The third kappa shape index (κ3) is 3.90. The lowest BCUT2D eigenvalue weighted by atomic mass is 9.98. The Morgan fingerprint density at radius 2 is 1.75 bits per heavy atom. The number of hydrogen-bond acceptors (Lipinski definition) is 2. The van der Waals surface area contributed by atoms with Crippen LogP contribution in [0.4, 0.5) is 0 Å². The molecule has 0 aliphatic rings. The van der Waals surface area contributed by atoms with Crippen LogP contribution in [0, 0.1) is 11.3 Å². The second-order valence-corrected chi connectivity index (χ2v) is 5.14. The second kappa shape index (κ2) is 7.19. The minimum absolute atomic E-state index is 0.268. The van der Waals surface area contributed by atoms with Crippen LogP contribution in [0.2, 0.25) is 10.0 Å². The fraction of sp³-hybridized carbons (Fsp3) is 0.188. The average molecular weight is 306 g/mol. The molecule has 0 spiro atoms. The molecule has 0 radical (unpaired) electrons. The van der Waals surface area contributed by atoms with Crippen molar-refractivity contribution in [1.29, 1.82) is 5.26 Å². The maximum absolute atomic E-state index is 9.26. The Kier molecular flexibility index (Phi) is 5.29. The minimum Gasteiger partial charge on any atom is -0.494 e. The molecule has 0 aliphatic carbocycles. The highest BCUT2D eigenvalue weighted by Crippen LogP contribution is 2.26. The molecular formula is C16H13Cl2NO. The van der Waals surface area contributed by atoms with Crippen LogP contribution >= 0.6 is 23.2 Å². The zero-order valence-electron chi connectivity index (χ0n) is 10.7. The van der Waals surface area contributed by atoms with Crippen molar-refractivity contribution >= 4 is 23.2 Å². The van der Waals surface area contributed by atoms with E-state index in [1.165, 1.54) is 0 Å². The van der Waals surface area contributed by atoms with Crippen molar-refractivity contribution in [3.63, 3.8) is 0 Å². The highest BCUT2D eigenvalue weighted by molar-refractivity contribution is 6.31. The molecule has 0 heterocycles. The predicted molar refractivity (Wildman–Crippen MR) is 81.4 cm³/mol. The van der Waals surface area contributed by atoms with Crippen LogP contribution in [0.25, 0.3) is 0 Å². The molecule has 0 bridgehead atoms. The maximum atomic E-state index is 9.26. The topological polar surface area (TPSA) is 33.0 Å². The number of rotatable bonds is 5. The van der Waals surface area contributed by atoms with Gasteiger partial charge in [0.2, 0.25) is 0 Å². The van der Waals surface area contributed by atoms with E-state index < -0.39 is 0 Å². The number of benzene rings is 2. The highest BCUT2D eigenvalue weighted by atomic mass is 35.5. The summed E-state index contributed by atoms with van der Waals surface area (Å²) in [5.74, 6) is 0.473. The molecule has 0 saturated carbocycles. The van der Waals surface area contributed by atoms with E-state index in [0.717, 1.165) is 11.3 Å². The summed E-state index contributed by atoms with van der Waals surface area (Å²) in [5, 5.41) is 10.5. The standard InChI is InChI=1S/C16H13Cl2NO/c17-13-5-7-14(8-6-13)20-10-9-12(11-19)15-3-1-2-4-16(15)18/h1-8,12H,9-10H2. The predicted octanol–water partition coefficient (Wildman–Crippen LogP) is 5.07. The van der Waals surface area contributed by atoms with Crippen molar-refractivity contribution in [3.05, 3.63) is 64.1 Å². The van der Waals surface area contributed by atoms with Crippen molar-refractivity contribution in [2.45, 2.75) is 12.3 Å². The fourth-order valence-electron chi connectivity index (χ4n) is 1.87. The Morgan fingerprint density at radius 3 is 2.40 bits per heavy atom. The van der Waals surface area contributed by atoms with Gasteiger partial charge in [0.15, 0.2) is 0 Å². The summed E-state index contributed by atoms with van der Waals surface area (Å²) in [6.07, 6.45) is 0.586. The highest BCUT2D eigenvalue weighted by Gasteiger charge is 2.13. The smallest absolute Gasteiger partial charge is 0.119 e. The summed E-state index contributed by atoms with van der Waals surface area (Å²) >= 11 is 11.9. The van der Waals surface area contributed by atoms with E-state index in [-0.39, 0.29) is 5.92 Å². The number of halogens is 2.